The summed E-state index contributed by atoms with van der Waals surface area (Å²) in [5.41, 5.74) is 0. The number of halogens is 1. The highest BCUT2D eigenvalue weighted by Crippen LogP contribution is 2.12. The summed E-state index contributed by atoms with van der Waals surface area (Å²) in [6, 6.07) is 0. The fourth-order valence-electron chi connectivity index (χ4n) is 1.88. The van der Waals surface area contributed by atoms with Crippen LogP contribution in [0.4, 0.5) is 0 Å². The Bertz CT molecular complexity index is 136. The second-order valence-electron chi connectivity index (χ2n) is 4.29. The van der Waals surface area contributed by atoms with Gasteiger partial charge < -0.3 is 9.47 Å². The molecule has 0 aliphatic heterocycles. The minimum Gasteiger partial charge on any atom is -0.353 e. The molecule has 104 valence electrons. The van der Waals surface area contributed by atoms with E-state index in [2.05, 4.69) is 15.9 Å². The maximum Gasteiger partial charge on any atom is 0.157 e. The van der Waals surface area contributed by atoms with Crippen LogP contribution in [0.1, 0.15) is 65.2 Å². The van der Waals surface area contributed by atoms with E-state index in [4.69, 9.17) is 9.47 Å². The van der Waals surface area contributed by atoms with E-state index in [0.29, 0.717) is 0 Å². The van der Waals surface area contributed by atoms with E-state index in [1.54, 1.807) is 0 Å². The molecule has 2 nitrogen and oxygen atoms in total. The Balaban J connectivity index is 3.23. The molecule has 0 atom stereocenters. The molecule has 0 saturated carbocycles. The highest BCUT2D eigenvalue weighted by Gasteiger charge is 2.06. The number of hydrogen-bond donors (Lipinski definition) is 0. The van der Waals surface area contributed by atoms with E-state index >= 15 is 0 Å². The van der Waals surface area contributed by atoms with Crippen LogP contribution in [0, 0.1) is 0 Å². The third-order valence-corrected chi connectivity index (χ3v) is 3.34. The van der Waals surface area contributed by atoms with Crippen LogP contribution in [0.3, 0.4) is 0 Å². The maximum absolute atomic E-state index is 5.51. The number of alkyl halides is 1. The molecule has 0 aliphatic rings. The second-order valence-corrected chi connectivity index (χ2v) is 5.09. The van der Waals surface area contributed by atoms with Crippen LogP contribution >= 0.6 is 15.9 Å². The SMILES string of the molecule is CCOC(CCCCCCCCCBr)OCC. The normalized spacial score (nSPS) is 11.3. The van der Waals surface area contributed by atoms with Crippen molar-refractivity contribution in [3.05, 3.63) is 0 Å². The standard InChI is InChI=1S/C14H29BrO2/c1-3-16-14(17-4-2)12-10-8-6-5-7-9-11-13-15/h14H,3-13H2,1-2H3. The molecule has 0 aromatic carbocycles. The molecule has 0 spiro atoms. The monoisotopic (exact) mass is 308 g/mol. The van der Waals surface area contributed by atoms with Crippen molar-refractivity contribution in [2.45, 2.75) is 71.5 Å². The van der Waals surface area contributed by atoms with Gasteiger partial charge in [0.15, 0.2) is 6.29 Å². The fraction of sp³-hybridized carbons (Fsp3) is 1.00. The van der Waals surface area contributed by atoms with Crippen LogP contribution in [0.5, 0.6) is 0 Å². The van der Waals surface area contributed by atoms with Crippen molar-refractivity contribution in [2.75, 3.05) is 18.5 Å². The van der Waals surface area contributed by atoms with E-state index < -0.39 is 0 Å². The second kappa shape index (κ2) is 14.5. The van der Waals surface area contributed by atoms with Crippen molar-refractivity contribution in [2.24, 2.45) is 0 Å². The molecule has 0 aliphatic carbocycles. The molecular formula is C14H29BrO2. The fourth-order valence-corrected chi connectivity index (χ4v) is 2.27. The lowest BCUT2D eigenvalue weighted by atomic mass is 10.1. The minimum atomic E-state index is 0.0263. The van der Waals surface area contributed by atoms with Crippen molar-refractivity contribution in [1.29, 1.82) is 0 Å². The van der Waals surface area contributed by atoms with Crippen LogP contribution in [0.25, 0.3) is 0 Å². The number of unbranched alkanes of at least 4 members (excludes halogenated alkanes) is 6. The Kier molecular flexibility index (Phi) is 14.8. The van der Waals surface area contributed by atoms with Gasteiger partial charge in [-0.15, -0.1) is 0 Å². The van der Waals surface area contributed by atoms with Gasteiger partial charge in [0.05, 0.1) is 0 Å². The highest BCUT2D eigenvalue weighted by atomic mass is 79.9. The molecule has 0 amide bonds. The van der Waals surface area contributed by atoms with Crippen LogP contribution in [0.15, 0.2) is 0 Å². The van der Waals surface area contributed by atoms with E-state index in [0.717, 1.165) is 25.0 Å². The van der Waals surface area contributed by atoms with E-state index in [1.165, 1.54) is 44.9 Å². The van der Waals surface area contributed by atoms with E-state index in [1.807, 2.05) is 13.8 Å². The van der Waals surface area contributed by atoms with Crippen LogP contribution in [-0.2, 0) is 9.47 Å². The van der Waals surface area contributed by atoms with Crippen LogP contribution < -0.4 is 0 Å². The minimum absolute atomic E-state index is 0.0263. The number of hydrogen-bond acceptors (Lipinski definition) is 2. The molecule has 0 saturated heterocycles. The summed E-state index contributed by atoms with van der Waals surface area (Å²) in [6.45, 7) is 5.54. The summed E-state index contributed by atoms with van der Waals surface area (Å²) < 4.78 is 11.0. The smallest absolute Gasteiger partial charge is 0.157 e. The summed E-state index contributed by atoms with van der Waals surface area (Å²) in [5.74, 6) is 0. The Labute approximate surface area is 116 Å². The van der Waals surface area contributed by atoms with Gasteiger partial charge in [0, 0.05) is 18.5 Å². The van der Waals surface area contributed by atoms with Crippen molar-refractivity contribution >= 4 is 15.9 Å². The molecule has 0 aromatic rings. The zero-order valence-electron chi connectivity index (χ0n) is 11.5. The Morgan fingerprint density at radius 3 is 1.71 bits per heavy atom. The van der Waals surface area contributed by atoms with Gasteiger partial charge in [-0.1, -0.05) is 48.0 Å². The molecular weight excluding hydrogens is 280 g/mol. The van der Waals surface area contributed by atoms with Crippen LogP contribution in [-0.4, -0.2) is 24.8 Å². The molecule has 0 N–H and O–H groups in total. The van der Waals surface area contributed by atoms with Crippen LogP contribution in [0.2, 0.25) is 0 Å². The van der Waals surface area contributed by atoms with Gasteiger partial charge in [-0.05, 0) is 33.1 Å². The van der Waals surface area contributed by atoms with Crippen molar-refractivity contribution in [1.82, 2.24) is 0 Å². The first-order chi connectivity index (χ1) is 8.35. The third-order valence-electron chi connectivity index (χ3n) is 2.78. The summed E-state index contributed by atoms with van der Waals surface area (Å²) >= 11 is 3.46. The number of ether oxygens (including phenoxy) is 2. The molecule has 0 heterocycles. The topological polar surface area (TPSA) is 18.5 Å². The summed E-state index contributed by atoms with van der Waals surface area (Å²) in [4.78, 5) is 0. The maximum atomic E-state index is 5.51. The Morgan fingerprint density at radius 1 is 0.765 bits per heavy atom. The van der Waals surface area contributed by atoms with Gasteiger partial charge in [0.2, 0.25) is 0 Å². The molecule has 17 heavy (non-hydrogen) atoms. The predicted octanol–water partition coefficient (Wildman–Crippen LogP) is 4.90. The summed E-state index contributed by atoms with van der Waals surface area (Å²) in [5, 5.41) is 1.15. The molecule has 3 heteroatoms. The van der Waals surface area contributed by atoms with Gasteiger partial charge in [-0.3, -0.25) is 0 Å². The van der Waals surface area contributed by atoms with Crippen molar-refractivity contribution < 1.29 is 9.47 Å². The zero-order chi connectivity index (χ0) is 12.8. The molecule has 0 rings (SSSR count). The Morgan fingerprint density at radius 2 is 1.24 bits per heavy atom. The van der Waals surface area contributed by atoms with Gasteiger partial charge in [0.1, 0.15) is 0 Å². The number of rotatable bonds is 13. The Hall–Kier alpha value is 0.400. The average Bonchev–Trinajstić information content (AvgIpc) is 2.33. The predicted molar refractivity (Wildman–Crippen MR) is 77.8 cm³/mol. The molecule has 0 unspecified atom stereocenters. The lowest BCUT2D eigenvalue weighted by Crippen LogP contribution is -2.17. The average molecular weight is 309 g/mol. The first-order valence-electron chi connectivity index (χ1n) is 7.14. The summed E-state index contributed by atoms with van der Waals surface area (Å²) in [6.07, 6.45) is 10.4. The lowest BCUT2D eigenvalue weighted by molar-refractivity contribution is -0.140. The summed E-state index contributed by atoms with van der Waals surface area (Å²) in [7, 11) is 0. The quantitative estimate of drug-likeness (QED) is 0.274. The first kappa shape index (κ1) is 17.4. The molecule has 0 fully saturated rings. The zero-order valence-corrected chi connectivity index (χ0v) is 13.1. The highest BCUT2D eigenvalue weighted by molar-refractivity contribution is 9.09. The van der Waals surface area contributed by atoms with Crippen molar-refractivity contribution in [3.8, 4) is 0 Å². The van der Waals surface area contributed by atoms with Crippen molar-refractivity contribution in [3.63, 3.8) is 0 Å². The molecule has 0 bridgehead atoms. The van der Waals surface area contributed by atoms with E-state index in [-0.39, 0.29) is 6.29 Å². The first-order valence-corrected chi connectivity index (χ1v) is 8.26. The third kappa shape index (κ3) is 12.6. The lowest BCUT2D eigenvalue weighted by Gasteiger charge is -2.16. The van der Waals surface area contributed by atoms with Gasteiger partial charge in [-0.2, -0.15) is 0 Å². The molecule has 0 radical (unpaired) electrons. The van der Waals surface area contributed by atoms with Gasteiger partial charge >= 0.3 is 0 Å². The molecule has 0 aromatic heterocycles. The largest absolute Gasteiger partial charge is 0.353 e. The van der Waals surface area contributed by atoms with Gasteiger partial charge in [0.25, 0.3) is 0 Å². The van der Waals surface area contributed by atoms with E-state index in [9.17, 15) is 0 Å². The van der Waals surface area contributed by atoms with Gasteiger partial charge in [-0.25, -0.2) is 0 Å².